The lowest BCUT2D eigenvalue weighted by Gasteiger charge is -2.12. The first-order valence-electron chi connectivity index (χ1n) is 9.67. The number of nitrogens with zero attached hydrogens (tertiary/aromatic N) is 3. The van der Waals surface area contributed by atoms with E-state index in [4.69, 9.17) is 4.98 Å². The average molecular weight is 438 g/mol. The third kappa shape index (κ3) is 4.28. The molecule has 30 heavy (non-hydrogen) atoms. The van der Waals surface area contributed by atoms with E-state index < -0.39 is 12.8 Å². The van der Waals surface area contributed by atoms with Gasteiger partial charge in [0.25, 0.3) is 5.19 Å². The van der Waals surface area contributed by atoms with Gasteiger partial charge in [-0.1, -0.05) is 23.5 Å². The van der Waals surface area contributed by atoms with Crippen molar-refractivity contribution in [2.24, 2.45) is 5.92 Å². The summed E-state index contributed by atoms with van der Waals surface area (Å²) in [6.07, 6.45) is -2.26. The summed E-state index contributed by atoms with van der Waals surface area (Å²) in [6, 6.07) is 7.54. The van der Waals surface area contributed by atoms with Crippen LogP contribution >= 0.6 is 11.3 Å². The molecule has 1 fully saturated rings. The third-order valence-electron chi connectivity index (χ3n) is 5.11. The van der Waals surface area contributed by atoms with Crippen molar-refractivity contribution in [3.05, 3.63) is 41.2 Å². The molecule has 1 N–H and O–H groups in total. The number of aromatic nitrogens is 3. The van der Waals surface area contributed by atoms with Crippen LogP contribution in [-0.2, 0) is 11.3 Å². The molecule has 1 aliphatic carbocycles. The van der Waals surface area contributed by atoms with Crippen LogP contribution in [0.4, 0.5) is 13.2 Å². The molecule has 0 saturated heterocycles. The third-order valence-corrected chi connectivity index (χ3v) is 6.20. The number of thiazole rings is 1. The summed E-state index contributed by atoms with van der Waals surface area (Å²) >= 11 is 0.997. The second kappa shape index (κ2) is 7.90. The van der Waals surface area contributed by atoms with Crippen molar-refractivity contribution in [1.29, 1.82) is 0 Å². The number of benzene rings is 1. The number of nitrogens with one attached hydrogen (secondary N) is 1. The van der Waals surface area contributed by atoms with Gasteiger partial charge < -0.3 is 14.6 Å². The van der Waals surface area contributed by atoms with Gasteiger partial charge >= 0.3 is 6.18 Å². The summed E-state index contributed by atoms with van der Waals surface area (Å²) in [4.78, 5) is 21.9. The summed E-state index contributed by atoms with van der Waals surface area (Å²) < 4.78 is 43.6. The molecule has 160 valence electrons. The second-order valence-corrected chi connectivity index (χ2v) is 8.34. The molecule has 3 atom stereocenters. The Balaban J connectivity index is 1.38. The molecule has 0 bridgehead atoms. The first kappa shape index (κ1) is 20.6. The Hall–Kier alpha value is -2.62. The SMILES string of the molecule is CCn1c([C@H]2C[C@@H]2C(=O)N[C@H](C)c2cnc(OCC(F)(F)F)s2)nc2ccccc21. The summed E-state index contributed by atoms with van der Waals surface area (Å²) in [7, 11) is 0. The van der Waals surface area contributed by atoms with Crippen molar-refractivity contribution in [3.63, 3.8) is 0 Å². The average Bonchev–Trinajstić information content (AvgIpc) is 3.19. The summed E-state index contributed by atoms with van der Waals surface area (Å²) in [5, 5.41) is 2.87. The maximum Gasteiger partial charge on any atom is 0.422 e. The van der Waals surface area contributed by atoms with Gasteiger partial charge in [-0.2, -0.15) is 13.2 Å². The van der Waals surface area contributed by atoms with Gasteiger partial charge in [-0.15, -0.1) is 0 Å². The van der Waals surface area contributed by atoms with Gasteiger partial charge in [0, 0.05) is 24.6 Å². The highest BCUT2D eigenvalue weighted by Crippen LogP contribution is 2.48. The van der Waals surface area contributed by atoms with Crippen molar-refractivity contribution < 1.29 is 22.7 Å². The Morgan fingerprint density at radius 3 is 2.90 bits per heavy atom. The Morgan fingerprint density at radius 2 is 2.17 bits per heavy atom. The molecule has 1 amide bonds. The van der Waals surface area contributed by atoms with E-state index in [0.717, 1.165) is 41.2 Å². The summed E-state index contributed by atoms with van der Waals surface area (Å²) in [6.45, 7) is 3.22. The van der Waals surface area contributed by atoms with Crippen LogP contribution in [0.15, 0.2) is 30.5 Å². The van der Waals surface area contributed by atoms with Gasteiger partial charge in [0.05, 0.1) is 22.0 Å². The zero-order valence-corrected chi connectivity index (χ0v) is 17.3. The Kier molecular flexibility index (Phi) is 5.44. The molecule has 0 unspecified atom stereocenters. The van der Waals surface area contributed by atoms with Crippen molar-refractivity contribution in [2.75, 3.05) is 6.61 Å². The maximum absolute atomic E-state index is 12.7. The Labute approximate surface area is 175 Å². The lowest BCUT2D eigenvalue weighted by Crippen LogP contribution is -2.28. The van der Waals surface area contributed by atoms with E-state index in [1.807, 2.05) is 24.3 Å². The first-order chi connectivity index (χ1) is 14.3. The molecule has 0 radical (unpaired) electrons. The number of carbonyl (C=O) groups excluding carboxylic acids is 1. The lowest BCUT2D eigenvalue weighted by atomic mass is 10.2. The predicted molar refractivity (Wildman–Crippen MR) is 106 cm³/mol. The van der Waals surface area contributed by atoms with Gasteiger partial charge in [-0.3, -0.25) is 4.79 Å². The highest BCUT2D eigenvalue weighted by atomic mass is 32.1. The van der Waals surface area contributed by atoms with E-state index >= 15 is 0 Å². The molecule has 0 aliphatic heterocycles. The standard InChI is InChI=1S/C20H21F3N4O2S/c1-3-27-15-7-5-4-6-14(15)26-17(27)12-8-13(12)18(28)25-11(2)16-9-24-19(30-16)29-10-20(21,22)23/h4-7,9,11-13H,3,8,10H2,1-2H3,(H,25,28)/t11-,12+,13+/m1/s1. The van der Waals surface area contributed by atoms with Crippen LogP contribution in [0.1, 0.15) is 42.9 Å². The monoisotopic (exact) mass is 438 g/mol. The molecule has 2 aromatic heterocycles. The molecule has 6 nitrogen and oxygen atoms in total. The van der Waals surface area contributed by atoms with Crippen molar-refractivity contribution in [1.82, 2.24) is 19.9 Å². The van der Waals surface area contributed by atoms with Gasteiger partial charge in [0.1, 0.15) is 5.82 Å². The fourth-order valence-electron chi connectivity index (χ4n) is 3.55. The minimum absolute atomic E-state index is 0.0654. The minimum atomic E-state index is -4.42. The second-order valence-electron chi connectivity index (χ2n) is 7.31. The van der Waals surface area contributed by atoms with E-state index in [-0.39, 0.29) is 29.0 Å². The zero-order chi connectivity index (χ0) is 21.5. The van der Waals surface area contributed by atoms with Crippen LogP contribution in [0.25, 0.3) is 11.0 Å². The zero-order valence-electron chi connectivity index (χ0n) is 16.4. The van der Waals surface area contributed by atoms with Gasteiger partial charge in [-0.05, 0) is 32.4 Å². The van der Waals surface area contributed by atoms with E-state index in [1.54, 1.807) is 6.92 Å². The van der Waals surface area contributed by atoms with Crippen LogP contribution in [0.5, 0.6) is 5.19 Å². The highest BCUT2D eigenvalue weighted by Gasteiger charge is 2.47. The molecule has 3 aromatic rings. The molecule has 1 aliphatic rings. The van der Waals surface area contributed by atoms with E-state index in [9.17, 15) is 18.0 Å². The maximum atomic E-state index is 12.7. The van der Waals surface area contributed by atoms with Gasteiger partial charge in [0.2, 0.25) is 5.91 Å². The molecule has 2 heterocycles. The van der Waals surface area contributed by atoms with E-state index in [0.29, 0.717) is 4.88 Å². The fraction of sp³-hybridized carbons (Fsp3) is 0.450. The van der Waals surface area contributed by atoms with Crippen LogP contribution < -0.4 is 10.1 Å². The van der Waals surface area contributed by atoms with Crippen LogP contribution in [0.3, 0.4) is 0 Å². The van der Waals surface area contributed by atoms with Crippen molar-refractivity contribution >= 4 is 28.3 Å². The molecule has 0 spiro atoms. The Morgan fingerprint density at radius 1 is 1.40 bits per heavy atom. The highest BCUT2D eigenvalue weighted by molar-refractivity contribution is 7.13. The number of aryl methyl sites for hydroxylation is 1. The predicted octanol–water partition coefficient (Wildman–Crippen LogP) is 4.43. The van der Waals surface area contributed by atoms with Crippen molar-refractivity contribution in [2.45, 2.75) is 44.9 Å². The Bertz CT molecular complexity index is 1060. The van der Waals surface area contributed by atoms with Crippen LogP contribution in [-0.4, -0.2) is 33.2 Å². The number of imidazole rings is 1. The number of hydrogen-bond donors (Lipinski definition) is 1. The minimum Gasteiger partial charge on any atom is -0.460 e. The number of hydrogen-bond acceptors (Lipinski definition) is 5. The number of rotatable bonds is 7. The normalized spacial score (nSPS) is 19.6. The smallest absolute Gasteiger partial charge is 0.422 e. The van der Waals surface area contributed by atoms with Gasteiger partial charge in [-0.25, -0.2) is 9.97 Å². The number of halogens is 3. The topological polar surface area (TPSA) is 69.0 Å². The molecule has 10 heteroatoms. The largest absolute Gasteiger partial charge is 0.460 e. The summed E-state index contributed by atoms with van der Waals surface area (Å²) in [5.74, 6) is 0.737. The number of carbonyl (C=O) groups is 1. The van der Waals surface area contributed by atoms with Crippen LogP contribution in [0.2, 0.25) is 0 Å². The number of ether oxygens (including phenoxy) is 1. The van der Waals surface area contributed by atoms with E-state index in [1.165, 1.54) is 6.20 Å². The van der Waals surface area contributed by atoms with Crippen LogP contribution in [0, 0.1) is 5.92 Å². The number of amides is 1. The molecular formula is C20H21F3N4O2S. The fourth-order valence-corrected chi connectivity index (χ4v) is 4.32. The molecule has 1 aromatic carbocycles. The lowest BCUT2D eigenvalue weighted by molar-refractivity contribution is -0.153. The van der Waals surface area contributed by atoms with E-state index in [2.05, 4.69) is 26.5 Å². The van der Waals surface area contributed by atoms with Crippen molar-refractivity contribution in [3.8, 4) is 5.19 Å². The number of para-hydroxylation sites is 2. The molecule has 4 rings (SSSR count). The first-order valence-corrected chi connectivity index (χ1v) is 10.5. The quantitative estimate of drug-likeness (QED) is 0.592. The molecule has 1 saturated carbocycles. The summed E-state index contributed by atoms with van der Waals surface area (Å²) in [5.41, 5.74) is 1.98. The van der Waals surface area contributed by atoms with Gasteiger partial charge in [0.15, 0.2) is 6.61 Å². The molecular weight excluding hydrogens is 417 g/mol. The number of fused-ring (bicyclic) bond motifs is 1. The number of alkyl halides is 3.